The third kappa shape index (κ3) is 53.7. The van der Waals surface area contributed by atoms with E-state index >= 15 is 0 Å². The van der Waals surface area contributed by atoms with E-state index in [2.05, 4.69) is 31.3 Å². The molecule has 0 radical (unpaired) electrons. The van der Waals surface area contributed by atoms with Gasteiger partial charge >= 0.3 is 5.97 Å². The molecule has 0 rings (SSSR count). The van der Waals surface area contributed by atoms with Gasteiger partial charge in [0.25, 0.3) is 0 Å². The number of allylic oxidation sites excluding steroid dienone is 3. The van der Waals surface area contributed by atoms with Crippen molar-refractivity contribution in [1.82, 2.24) is 5.32 Å². The fraction of sp³-hybridized carbons (Fsp3) is 0.903. The minimum atomic E-state index is -0.855. The van der Waals surface area contributed by atoms with Crippen LogP contribution < -0.4 is 5.32 Å². The molecule has 0 bridgehead atoms. The minimum Gasteiger partial charge on any atom is -0.466 e. The van der Waals surface area contributed by atoms with Crippen LogP contribution in [-0.2, 0) is 14.3 Å². The lowest BCUT2D eigenvalue weighted by molar-refractivity contribution is -0.143. The Labute approximate surface area is 424 Å². The van der Waals surface area contributed by atoms with E-state index in [9.17, 15) is 19.8 Å². The number of aliphatic hydroxyl groups excluding tert-OH is 2. The summed E-state index contributed by atoms with van der Waals surface area (Å²) >= 11 is 0. The molecule has 402 valence electrons. The predicted molar refractivity (Wildman–Crippen MR) is 296 cm³/mol. The highest BCUT2D eigenvalue weighted by Gasteiger charge is 2.18. The Morgan fingerprint density at radius 1 is 0.397 bits per heavy atom. The first-order valence-electron chi connectivity index (χ1n) is 30.6. The molecule has 2 atom stereocenters. The topological polar surface area (TPSA) is 95.9 Å². The van der Waals surface area contributed by atoms with Crippen LogP contribution in [0.5, 0.6) is 0 Å². The summed E-state index contributed by atoms with van der Waals surface area (Å²) < 4.78 is 5.46. The van der Waals surface area contributed by atoms with E-state index in [1.165, 1.54) is 238 Å². The van der Waals surface area contributed by atoms with Gasteiger partial charge in [-0.05, 0) is 57.8 Å². The molecular weight excluding hydrogens is 839 g/mol. The first-order chi connectivity index (χ1) is 33.5. The van der Waals surface area contributed by atoms with Crippen LogP contribution >= 0.6 is 0 Å². The normalized spacial score (nSPS) is 12.7. The number of hydrogen-bond acceptors (Lipinski definition) is 5. The van der Waals surface area contributed by atoms with Gasteiger partial charge < -0.3 is 20.3 Å². The smallest absolute Gasteiger partial charge is 0.305 e. The van der Waals surface area contributed by atoms with E-state index in [1.807, 2.05) is 6.08 Å². The number of unbranched alkanes of at least 4 members (excludes halogenated alkanes) is 44. The molecule has 0 aliphatic heterocycles. The van der Waals surface area contributed by atoms with Crippen LogP contribution in [0.25, 0.3) is 0 Å². The van der Waals surface area contributed by atoms with Crippen molar-refractivity contribution in [1.29, 1.82) is 0 Å². The quantitative estimate of drug-likeness (QED) is 0.0321. The Hall–Kier alpha value is -1.66. The van der Waals surface area contributed by atoms with Crippen LogP contribution in [0.4, 0.5) is 0 Å². The number of esters is 1. The van der Waals surface area contributed by atoms with Gasteiger partial charge in [0.1, 0.15) is 0 Å². The summed E-state index contributed by atoms with van der Waals surface area (Å²) in [7, 11) is 0. The lowest BCUT2D eigenvalue weighted by Gasteiger charge is -2.20. The molecule has 3 N–H and O–H groups in total. The lowest BCUT2D eigenvalue weighted by Crippen LogP contribution is -2.45. The van der Waals surface area contributed by atoms with Crippen molar-refractivity contribution in [2.24, 2.45) is 0 Å². The minimum absolute atomic E-state index is 0.00837. The van der Waals surface area contributed by atoms with Gasteiger partial charge in [-0.3, -0.25) is 9.59 Å². The van der Waals surface area contributed by atoms with Crippen molar-refractivity contribution in [2.45, 2.75) is 347 Å². The molecule has 68 heavy (non-hydrogen) atoms. The summed E-state index contributed by atoms with van der Waals surface area (Å²) in [5, 5.41) is 23.2. The molecule has 0 fully saturated rings. The number of rotatable bonds is 57. The van der Waals surface area contributed by atoms with E-state index in [1.54, 1.807) is 6.08 Å². The van der Waals surface area contributed by atoms with Crippen LogP contribution in [0, 0.1) is 0 Å². The van der Waals surface area contributed by atoms with Gasteiger partial charge in [0.05, 0.1) is 25.4 Å². The highest BCUT2D eigenvalue weighted by atomic mass is 16.5. The Balaban J connectivity index is 3.49. The van der Waals surface area contributed by atoms with Gasteiger partial charge in [-0.1, -0.05) is 289 Å². The van der Waals surface area contributed by atoms with Crippen molar-refractivity contribution >= 4 is 11.9 Å². The van der Waals surface area contributed by atoms with Gasteiger partial charge in [-0.25, -0.2) is 0 Å². The summed E-state index contributed by atoms with van der Waals surface area (Å²) in [5.41, 5.74) is 0. The molecule has 6 nitrogen and oxygen atoms in total. The molecular formula is C62H119NO5. The van der Waals surface area contributed by atoms with E-state index in [-0.39, 0.29) is 18.5 Å². The summed E-state index contributed by atoms with van der Waals surface area (Å²) in [6.45, 7) is 4.89. The van der Waals surface area contributed by atoms with Crippen molar-refractivity contribution in [3.8, 4) is 0 Å². The third-order valence-corrected chi connectivity index (χ3v) is 14.2. The first kappa shape index (κ1) is 66.3. The number of aliphatic hydroxyl groups is 2. The second kappa shape index (κ2) is 57.9. The molecule has 2 unspecified atom stereocenters. The van der Waals surface area contributed by atoms with Gasteiger partial charge in [-0.15, -0.1) is 0 Å². The molecule has 0 aromatic heterocycles. The van der Waals surface area contributed by atoms with Crippen LogP contribution in [0.3, 0.4) is 0 Å². The zero-order valence-electron chi connectivity index (χ0n) is 45.9. The van der Waals surface area contributed by atoms with Crippen LogP contribution in [-0.4, -0.2) is 47.4 Å². The van der Waals surface area contributed by atoms with Crippen molar-refractivity contribution in [2.75, 3.05) is 13.2 Å². The SMILES string of the molecule is CCCCCCCCCCCCCCCCCCCCCC/C=C/C(O)C(CO)NC(=O)CCCCCCCCC/C=C\CCCCCCOC(=O)CCCCCCCCCCCCCCCC. The molecule has 0 saturated heterocycles. The zero-order chi connectivity index (χ0) is 49.3. The summed E-state index contributed by atoms with van der Waals surface area (Å²) in [5.74, 6) is -0.0883. The monoisotopic (exact) mass is 958 g/mol. The Morgan fingerprint density at radius 3 is 1.04 bits per heavy atom. The van der Waals surface area contributed by atoms with E-state index < -0.39 is 12.1 Å². The highest BCUT2D eigenvalue weighted by molar-refractivity contribution is 5.76. The maximum Gasteiger partial charge on any atom is 0.305 e. The molecule has 0 saturated carbocycles. The molecule has 0 heterocycles. The van der Waals surface area contributed by atoms with Gasteiger partial charge in [0, 0.05) is 12.8 Å². The Bertz CT molecular complexity index is 1060. The van der Waals surface area contributed by atoms with Crippen LogP contribution in [0.2, 0.25) is 0 Å². The van der Waals surface area contributed by atoms with Crippen molar-refractivity contribution < 1.29 is 24.5 Å². The number of ether oxygens (including phenoxy) is 1. The number of carbonyl (C=O) groups excluding carboxylic acids is 2. The highest BCUT2D eigenvalue weighted by Crippen LogP contribution is 2.17. The number of nitrogens with one attached hydrogen (secondary N) is 1. The van der Waals surface area contributed by atoms with Gasteiger partial charge in [0.15, 0.2) is 0 Å². The second-order valence-corrected chi connectivity index (χ2v) is 21.0. The molecule has 0 aliphatic carbocycles. The average Bonchev–Trinajstić information content (AvgIpc) is 3.34. The standard InChI is InChI=1S/C62H119NO5/c1-3-5-7-9-11-13-15-17-19-20-21-22-23-24-25-27-30-34-38-42-46-50-54-60(65)59(58-64)63-61(66)55-51-47-43-39-35-31-28-26-29-33-37-41-45-49-53-57-68-62(67)56-52-48-44-40-36-32-18-16-14-12-10-8-6-4-2/h29,33,50,54,59-60,64-65H,3-28,30-32,34-49,51-53,55-58H2,1-2H3,(H,63,66)/b33-29-,54-50+. The lowest BCUT2D eigenvalue weighted by atomic mass is 10.0. The molecule has 0 spiro atoms. The average molecular weight is 959 g/mol. The Kier molecular flexibility index (Phi) is 56.5. The zero-order valence-corrected chi connectivity index (χ0v) is 45.9. The number of amides is 1. The van der Waals surface area contributed by atoms with E-state index in [0.29, 0.717) is 19.4 Å². The predicted octanol–water partition coefficient (Wildman–Crippen LogP) is 19.0. The summed E-state index contributed by atoms with van der Waals surface area (Å²) in [6.07, 6.45) is 70.6. The largest absolute Gasteiger partial charge is 0.466 e. The molecule has 0 aromatic carbocycles. The third-order valence-electron chi connectivity index (χ3n) is 14.2. The van der Waals surface area contributed by atoms with Crippen molar-refractivity contribution in [3.63, 3.8) is 0 Å². The van der Waals surface area contributed by atoms with Gasteiger partial charge in [-0.2, -0.15) is 0 Å². The van der Waals surface area contributed by atoms with Crippen molar-refractivity contribution in [3.05, 3.63) is 24.3 Å². The summed E-state index contributed by atoms with van der Waals surface area (Å²) in [4.78, 5) is 24.5. The molecule has 1 amide bonds. The van der Waals surface area contributed by atoms with Crippen LogP contribution in [0.1, 0.15) is 335 Å². The van der Waals surface area contributed by atoms with Crippen LogP contribution in [0.15, 0.2) is 24.3 Å². The number of hydrogen-bond donors (Lipinski definition) is 3. The maximum atomic E-state index is 12.5. The fourth-order valence-electron chi connectivity index (χ4n) is 9.51. The number of carbonyl (C=O) groups is 2. The fourth-order valence-corrected chi connectivity index (χ4v) is 9.51. The second-order valence-electron chi connectivity index (χ2n) is 21.0. The first-order valence-corrected chi connectivity index (χ1v) is 30.6. The maximum absolute atomic E-state index is 12.5. The molecule has 0 aliphatic rings. The molecule has 0 aromatic rings. The summed E-state index contributed by atoms with van der Waals surface area (Å²) in [6, 6.07) is -0.640. The van der Waals surface area contributed by atoms with Gasteiger partial charge in [0.2, 0.25) is 5.91 Å². The Morgan fingerprint density at radius 2 is 0.691 bits per heavy atom. The molecule has 6 heteroatoms. The van der Waals surface area contributed by atoms with E-state index in [0.717, 1.165) is 70.6 Å². The van der Waals surface area contributed by atoms with E-state index in [4.69, 9.17) is 4.74 Å².